The second kappa shape index (κ2) is 4.26. The van der Waals surface area contributed by atoms with Crippen molar-refractivity contribution in [3.63, 3.8) is 0 Å². The molecule has 6 heteroatoms. The normalized spacial score (nSPS) is 29.8. The molecule has 0 aromatic rings. The van der Waals surface area contributed by atoms with Crippen molar-refractivity contribution in [2.24, 2.45) is 0 Å². The van der Waals surface area contributed by atoms with E-state index in [1.807, 2.05) is 13.8 Å². The summed E-state index contributed by atoms with van der Waals surface area (Å²) in [6.07, 6.45) is -0.209. The van der Waals surface area contributed by atoms with Crippen molar-refractivity contribution in [1.29, 1.82) is 5.26 Å². The van der Waals surface area contributed by atoms with Crippen molar-refractivity contribution < 1.29 is 13.2 Å². The molecule has 5 nitrogen and oxygen atoms in total. The first-order valence-corrected chi connectivity index (χ1v) is 6.07. The first-order valence-electron chi connectivity index (χ1n) is 4.46. The largest absolute Gasteiger partial charge is 0.373 e. The summed E-state index contributed by atoms with van der Waals surface area (Å²) in [7, 11) is -3.41. The highest BCUT2D eigenvalue weighted by Gasteiger charge is 2.30. The Morgan fingerprint density at radius 3 is 2.36 bits per heavy atom. The number of ether oxygens (including phenoxy) is 1. The van der Waals surface area contributed by atoms with E-state index in [1.165, 1.54) is 4.31 Å². The molecule has 1 rings (SSSR count). The predicted octanol–water partition coefficient (Wildman–Crippen LogP) is -0.0510. The van der Waals surface area contributed by atoms with E-state index in [4.69, 9.17) is 10.00 Å². The van der Waals surface area contributed by atoms with Crippen LogP contribution in [-0.4, -0.2) is 43.8 Å². The summed E-state index contributed by atoms with van der Waals surface area (Å²) in [6, 6.07) is 1.66. The summed E-state index contributed by atoms with van der Waals surface area (Å²) in [5.74, 6) is -0.452. The number of morpholine rings is 1. The van der Waals surface area contributed by atoms with Gasteiger partial charge in [0, 0.05) is 13.1 Å². The van der Waals surface area contributed by atoms with Gasteiger partial charge in [-0.1, -0.05) is 0 Å². The smallest absolute Gasteiger partial charge is 0.227 e. The summed E-state index contributed by atoms with van der Waals surface area (Å²) in [5.41, 5.74) is 0. The van der Waals surface area contributed by atoms with Crippen molar-refractivity contribution in [2.75, 3.05) is 18.8 Å². The molecule has 0 aromatic heterocycles. The Morgan fingerprint density at radius 2 is 1.93 bits per heavy atom. The zero-order chi connectivity index (χ0) is 10.8. The maximum atomic E-state index is 11.5. The second-order valence-electron chi connectivity index (χ2n) is 3.49. The standard InChI is InChI=1S/C8H14N2O3S/c1-7-5-10(6-8(2)13-7)14(11,12)4-3-9/h7-8H,4-6H2,1-2H3. The Hall–Kier alpha value is -0.640. The van der Waals surface area contributed by atoms with Gasteiger partial charge >= 0.3 is 0 Å². The molecule has 0 spiro atoms. The molecule has 1 saturated heterocycles. The molecule has 1 aliphatic heterocycles. The molecule has 1 fully saturated rings. The van der Waals surface area contributed by atoms with Gasteiger partial charge in [0.05, 0.1) is 18.3 Å². The van der Waals surface area contributed by atoms with E-state index >= 15 is 0 Å². The summed E-state index contributed by atoms with van der Waals surface area (Å²) >= 11 is 0. The van der Waals surface area contributed by atoms with Crippen molar-refractivity contribution in [1.82, 2.24) is 4.31 Å². The van der Waals surface area contributed by atoms with Crippen molar-refractivity contribution in [3.05, 3.63) is 0 Å². The van der Waals surface area contributed by atoms with Crippen LogP contribution in [0.25, 0.3) is 0 Å². The molecule has 1 heterocycles. The molecular formula is C8H14N2O3S. The lowest BCUT2D eigenvalue weighted by Gasteiger charge is -2.33. The van der Waals surface area contributed by atoms with E-state index in [0.717, 1.165) is 0 Å². The van der Waals surface area contributed by atoms with E-state index in [2.05, 4.69) is 0 Å². The van der Waals surface area contributed by atoms with Gasteiger partial charge in [-0.15, -0.1) is 0 Å². The van der Waals surface area contributed by atoms with Gasteiger partial charge in [0.1, 0.15) is 0 Å². The fourth-order valence-corrected chi connectivity index (χ4v) is 2.75. The Bertz CT molecular complexity index is 323. The van der Waals surface area contributed by atoms with Crippen LogP contribution in [0.1, 0.15) is 13.8 Å². The van der Waals surface area contributed by atoms with Gasteiger partial charge in [-0.05, 0) is 13.8 Å². The lowest BCUT2D eigenvalue weighted by molar-refractivity contribution is -0.0440. The molecule has 0 amide bonds. The van der Waals surface area contributed by atoms with Gasteiger partial charge in [0.25, 0.3) is 0 Å². The van der Waals surface area contributed by atoms with Gasteiger partial charge in [0.2, 0.25) is 10.0 Å². The van der Waals surface area contributed by atoms with Crippen LogP contribution in [-0.2, 0) is 14.8 Å². The number of nitrogens with zero attached hydrogens (tertiary/aromatic N) is 2. The van der Waals surface area contributed by atoms with Crippen molar-refractivity contribution in [3.8, 4) is 6.07 Å². The molecule has 0 aliphatic carbocycles. The first-order chi connectivity index (χ1) is 6.45. The third kappa shape index (κ3) is 2.67. The van der Waals surface area contributed by atoms with Crippen LogP contribution in [0.2, 0.25) is 0 Å². The molecule has 0 bridgehead atoms. The minimum absolute atomic E-state index is 0.104. The van der Waals surface area contributed by atoms with Gasteiger partial charge in [-0.25, -0.2) is 8.42 Å². The number of nitriles is 1. The van der Waals surface area contributed by atoms with E-state index in [1.54, 1.807) is 6.07 Å². The molecule has 0 radical (unpaired) electrons. The Morgan fingerprint density at radius 1 is 1.43 bits per heavy atom. The monoisotopic (exact) mass is 218 g/mol. The Balaban J connectivity index is 2.74. The number of rotatable bonds is 2. The molecular weight excluding hydrogens is 204 g/mol. The van der Waals surface area contributed by atoms with Gasteiger partial charge in [-0.2, -0.15) is 9.57 Å². The zero-order valence-electron chi connectivity index (χ0n) is 8.30. The topological polar surface area (TPSA) is 70.4 Å². The maximum Gasteiger partial charge on any atom is 0.227 e. The Kier molecular flexibility index (Phi) is 3.48. The minimum Gasteiger partial charge on any atom is -0.373 e. The highest BCUT2D eigenvalue weighted by molar-refractivity contribution is 7.89. The molecule has 0 N–H and O–H groups in total. The average molecular weight is 218 g/mol. The van der Waals surface area contributed by atoms with Crippen LogP contribution in [0.3, 0.4) is 0 Å². The number of hydrogen-bond acceptors (Lipinski definition) is 4. The predicted molar refractivity (Wildman–Crippen MR) is 51.0 cm³/mol. The average Bonchev–Trinajstić information content (AvgIpc) is 2.02. The van der Waals surface area contributed by atoms with Crippen LogP contribution in [0, 0.1) is 11.3 Å². The SMILES string of the molecule is CC1CN(S(=O)(=O)CC#N)CC(C)O1. The summed E-state index contributed by atoms with van der Waals surface area (Å²) < 4.78 is 29.8. The molecule has 1 aliphatic rings. The van der Waals surface area contributed by atoms with Crippen molar-refractivity contribution in [2.45, 2.75) is 26.1 Å². The van der Waals surface area contributed by atoms with Gasteiger partial charge in [-0.3, -0.25) is 0 Å². The van der Waals surface area contributed by atoms with Crippen molar-refractivity contribution >= 4 is 10.0 Å². The first kappa shape index (κ1) is 11.4. The highest BCUT2D eigenvalue weighted by Crippen LogP contribution is 2.14. The molecule has 0 saturated carbocycles. The third-order valence-corrected chi connectivity index (χ3v) is 3.61. The fourth-order valence-electron chi connectivity index (χ4n) is 1.53. The molecule has 0 aromatic carbocycles. The minimum atomic E-state index is -3.41. The lowest BCUT2D eigenvalue weighted by Crippen LogP contribution is -2.48. The molecule has 2 atom stereocenters. The van der Waals surface area contributed by atoms with Crippen LogP contribution in [0.15, 0.2) is 0 Å². The van der Waals surface area contributed by atoms with Gasteiger partial charge in [0.15, 0.2) is 5.75 Å². The number of hydrogen-bond donors (Lipinski definition) is 0. The van der Waals surface area contributed by atoms with Crippen LogP contribution < -0.4 is 0 Å². The Labute approximate surface area is 84.3 Å². The fraction of sp³-hybridized carbons (Fsp3) is 0.875. The second-order valence-corrected chi connectivity index (χ2v) is 5.46. The summed E-state index contributed by atoms with van der Waals surface area (Å²) in [5, 5.41) is 8.38. The van der Waals surface area contributed by atoms with Crippen LogP contribution in [0.5, 0.6) is 0 Å². The quantitative estimate of drug-likeness (QED) is 0.651. The van der Waals surface area contributed by atoms with E-state index in [9.17, 15) is 8.42 Å². The van der Waals surface area contributed by atoms with E-state index < -0.39 is 15.8 Å². The lowest BCUT2D eigenvalue weighted by atomic mass is 10.3. The maximum absolute atomic E-state index is 11.5. The van der Waals surface area contributed by atoms with Crippen LogP contribution >= 0.6 is 0 Å². The highest BCUT2D eigenvalue weighted by atomic mass is 32.2. The summed E-state index contributed by atoms with van der Waals surface area (Å²) in [4.78, 5) is 0. The zero-order valence-corrected chi connectivity index (χ0v) is 9.12. The van der Waals surface area contributed by atoms with Crippen LogP contribution in [0.4, 0.5) is 0 Å². The van der Waals surface area contributed by atoms with E-state index in [0.29, 0.717) is 13.1 Å². The van der Waals surface area contributed by atoms with Gasteiger partial charge < -0.3 is 4.74 Å². The number of sulfonamides is 1. The summed E-state index contributed by atoms with van der Waals surface area (Å²) in [6.45, 7) is 4.33. The molecule has 80 valence electrons. The molecule has 2 unspecified atom stereocenters. The molecule has 14 heavy (non-hydrogen) atoms. The third-order valence-electron chi connectivity index (χ3n) is 2.03. The van der Waals surface area contributed by atoms with E-state index in [-0.39, 0.29) is 12.2 Å².